The normalized spacial score (nSPS) is 11.8. The first-order chi connectivity index (χ1) is 12.5. The van der Waals surface area contributed by atoms with E-state index in [4.69, 9.17) is 28.6 Å². The molecule has 4 nitrogen and oxygen atoms in total. The van der Waals surface area contributed by atoms with E-state index in [1.807, 2.05) is 55.5 Å². The number of carbonyl (C=O) groups is 1. The molecule has 2 N–H and O–H groups in total. The number of rotatable bonds is 4. The van der Waals surface area contributed by atoms with Gasteiger partial charge in [-0.05, 0) is 42.9 Å². The summed E-state index contributed by atoms with van der Waals surface area (Å²) in [5, 5.41) is 7.31. The summed E-state index contributed by atoms with van der Waals surface area (Å²) in [4.78, 5) is 13.0. The second-order valence-electron chi connectivity index (χ2n) is 5.67. The lowest BCUT2D eigenvalue weighted by atomic mass is 10.1. The smallest absolute Gasteiger partial charge is 0.269 e. The number of fused-ring (bicyclic) bond motifs is 1. The first kappa shape index (κ1) is 18.6. The Balaban J connectivity index is 1.72. The van der Waals surface area contributed by atoms with Crippen LogP contribution in [-0.4, -0.2) is 18.1 Å². The Morgan fingerprint density at radius 2 is 1.96 bits per heavy atom. The molecule has 1 atom stereocenters. The molecule has 1 amide bonds. The number of hydrogen-bond acceptors (Lipinski definition) is 4. The Bertz CT molecular complexity index is 957. The van der Waals surface area contributed by atoms with Crippen LogP contribution in [0.4, 0.5) is 0 Å². The lowest BCUT2D eigenvalue weighted by Gasteiger charge is -2.16. The molecule has 1 heterocycles. The summed E-state index contributed by atoms with van der Waals surface area (Å²) in [7, 11) is 1.60. The maximum absolute atomic E-state index is 12.6. The van der Waals surface area contributed by atoms with E-state index < -0.39 is 0 Å². The van der Waals surface area contributed by atoms with Gasteiger partial charge in [0.2, 0.25) is 0 Å². The van der Waals surface area contributed by atoms with E-state index >= 15 is 0 Å². The SMILES string of the molecule is COc1ccc2c(Cl)c(C(=O)NC(=S)NC(C)c3ccccc3)sc2c1. The van der Waals surface area contributed by atoms with Crippen molar-refractivity contribution in [2.24, 2.45) is 0 Å². The minimum absolute atomic E-state index is 0.0221. The van der Waals surface area contributed by atoms with Crippen molar-refractivity contribution in [2.45, 2.75) is 13.0 Å². The fourth-order valence-electron chi connectivity index (χ4n) is 2.54. The fourth-order valence-corrected chi connectivity index (χ4v) is 4.25. The number of nitrogens with one attached hydrogen (secondary N) is 2. The lowest BCUT2D eigenvalue weighted by Crippen LogP contribution is -2.40. The molecule has 134 valence electrons. The molecule has 2 aromatic carbocycles. The van der Waals surface area contributed by atoms with Crippen molar-refractivity contribution in [3.05, 3.63) is 64.0 Å². The van der Waals surface area contributed by atoms with Crippen molar-refractivity contribution >= 4 is 56.3 Å². The summed E-state index contributed by atoms with van der Waals surface area (Å²) in [6.45, 7) is 1.98. The number of hydrogen-bond donors (Lipinski definition) is 2. The minimum Gasteiger partial charge on any atom is -0.497 e. The molecule has 3 aromatic rings. The molecule has 0 aliphatic rings. The lowest BCUT2D eigenvalue weighted by molar-refractivity contribution is 0.0980. The molecule has 0 bridgehead atoms. The van der Waals surface area contributed by atoms with E-state index in [1.165, 1.54) is 11.3 Å². The maximum atomic E-state index is 12.6. The Kier molecular flexibility index (Phi) is 5.76. The largest absolute Gasteiger partial charge is 0.497 e. The highest BCUT2D eigenvalue weighted by Gasteiger charge is 2.19. The summed E-state index contributed by atoms with van der Waals surface area (Å²) in [6.07, 6.45) is 0. The van der Waals surface area contributed by atoms with Gasteiger partial charge in [0, 0.05) is 10.1 Å². The molecule has 1 unspecified atom stereocenters. The Labute approximate surface area is 166 Å². The van der Waals surface area contributed by atoms with Crippen LogP contribution in [0.3, 0.4) is 0 Å². The molecule has 7 heteroatoms. The van der Waals surface area contributed by atoms with Gasteiger partial charge in [-0.3, -0.25) is 10.1 Å². The summed E-state index contributed by atoms with van der Waals surface area (Å²) >= 11 is 13.0. The molecular weight excluding hydrogens is 388 g/mol. The highest BCUT2D eigenvalue weighted by atomic mass is 35.5. The van der Waals surface area contributed by atoms with Crippen LogP contribution in [-0.2, 0) is 0 Å². The number of halogens is 1. The molecule has 0 saturated heterocycles. The van der Waals surface area contributed by atoms with Crippen LogP contribution in [0.5, 0.6) is 5.75 Å². The monoisotopic (exact) mass is 404 g/mol. The summed E-state index contributed by atoms with van der Waals surface area (Å²) in [5.74, 6) is 0.393. The van der Waals surface area contributed by atoms with E-state index in [-0.39, 0.29) is 17.1 Å². The molecule has 1 aromatic heterocycles. The molecule has 0 aliphatic heterocycles. The van der Waals surface area contributed by atoms with Crippen molar-refractivity contribution in [3.8, 4) is 5.75 Å². The van der Waals surface area contributed by atoms with Crippen LogP contribution in [0.15, 0.2) is 48.5 Å². The molecule has 0 fully saturated rings. The summed E-state index contributed by atoms with van der Waals surface area (Å²) in [5.41, 5.74) is 1.08. The maximum Gasteiger partial charge on any atom is 0.269 e. The first-order valence-electron chi connectivity index (χ1n) is 7.92. The zero-order valence-corrected chi connectivity index (χ0v) is 16.6. The van der Waals surface area contributed by atoms with E-state index in [2.05, 4.69) is 10.6 Å². The number of thiophene rings is 1. The van der Waals surface area contributed by atoms with Gasteiger partial charge in [-0.2, -0.15) is 0 Å². The van der Waals surface area contributed by atoms with Crippen molar-refractivity contribution in [2.75, 3.05) is 7.11 Å². The average molecular weight is 405 g/mol. The van der Waals surface area contributed by atoms with Crippen LogP contribution < -0.4 is 15.4 Å². The van der Waals surface area contributed by atoms with Crippen molar-refractivity contribution in [3.63, 3.8) is 0 Å². The molecule has 3 rings (SSSR count). The van der Waals surface area contributed by atoms with Gasteiger partial charge in [0.1, 0.15) is 10.6 Å². The standard InChI is InChI=1S/C19H17ClN2O2S2/c1-11(12-6-4-3-5-7-12)21-19(25)22-18(23)17-16(20)14-9-8-13(24-2)10-15(14)26-17/h3-11H,1-2H3,(H2,21,22,23,25). The zero-order valence-electron chi connectivity index (χ0n) is 14.2. The van der Waals surface area contributed by atoms with Gasteiger partial charge in [0.05, 0.1) is 18.2 Å². The van der Waals surface area contributed by atoms with Crippen molar-refractivity contribution < 1.29 is 9.53 Å². The van der Waals surface area contributed by atoms with Crippen LogP contribution in [0, 0.1) is 0 Å². The molecule has 0 saturated carbocycles. The third-order valence-electron chi connectivity index (χ3n) is 3.92. The van der Waals surface area contributed by atoms with Gasteiger partial charge >= 0.3 is 0 Å². The molecular formula is C19H17ClN2O2S2. The number of benzene rings is 2. The first-order valence-corrected chi connectivity index (χ1v) is 9.52. The second-order valence-corrected chi connectivity index (χ2v) is 7.51. The van der Waals surface area contributed by atoms with Crippen LogP contribution in [0.25, 0.3) is 10.1 Å². The Hall–Kier alpha value is -2.15. The van der Waals surface area contributed by atoms with E-state index in [9.17, 15) is 4.79 Å². The van der Waals surface area contributed by atoms with Crippen molar-refractivity contribution in [1.82, 2.24) is 10.6 Å². The van der Waals surface area contributed by atoms with Crippen LogP contribution in [0.2, 0.25) is 5.02 Å². The number of methoxy groups -OCH3 is 1. The minimum atomic E-state index is -0.326. The van der Waals surface area contributed by atoms with Gasteiger partial charge in [-0.1, -0.05) is 41.9 Å². The van der Waals surface area contributed by atoms with Gasteiger partial charge in [0.15, 0.2) is 5.11 Å². The summed E-state index contributed by atoms with van der Waals surface area (Å²) < 4.78 is 6.10. The molecule has 0 aliphatic carbocycles. The number of ether oxygens (including phenoxy) is 1. The van der Waals surface area contributed by atoms with E-state index in [0.717, 1.165) is 21.4 Å². The number of carbonyl (C=O) groups excluding carboxylic acids is 1. The number of thiocarbonyl (C=S) groups is 1. The molecule has 0 radical (unpaired) electrons. The third-order valence-corrected chi connectivity index (χ3v) is 5.79. The van der Waals surface area contributed by atoms with Gasteiger partial charge in [-0.15, -0.1) is 11.3 Å². The quantitative estimate of drug-likeness (QED) is 0.605. The predicted molar refractivity (Wildman–Crippen MR) is 111 cm³/mol. The van der Waals surface area contributed by atoms with Gasteiger partial charge < -0.3 is 10.1 Å². The van der Waals surface area contributed by atoms with E-state index in [1.54, 1.807) is 7.11 Å². The van der Waals surface area contributed by atoms with Crippen LogP contribution >= 0.6 is 35.2 Å². The fraction of sp³-hybridized carbons (Fsp3) is 0.158. The van der Waals surface area contributed by atoms with Crippen molar-refractivity contribution in [1.29, 1.82) is 0 Å². The van der Waals surface area contributed by atoms with Gasteiger partial charge in [0.25, 0.3) is 5.91 Å². The average Bonchev–Trinajstić information content (AvgIpc) is 2.98. The Morgan fingerprint density at radius 3 is 2.65 bits per heavy atom. The molecule has 26 heavy (non-hydrogen) atoms. The predicted octanol–water partition coefficient (Wildman–Crippen LogP) is 4.93. The van der Waals surface area contributed by atoms with Crippen LogP contribution in [0.1, 0.15) is 28.2 Å². The summed E-state index contributed by atoms with van der Waals surface area (Å²) in [6, 6.07) is 15.4. The Morgan fingerprint density at radius 1 is 1.23 bits per heavy atom. The third kappa shape index (κ3) is 3.98. The van der Waals surface area contributed by atoms with E-state index in [0.29, 0.717) is 9.90 Å². The highest BCUT2D eigenvalue weighted by Crippen LogP contribution is 2.37. The second kappa shape index (κ2) is 8.03. The molecule has 0 spiro atoms. The topological polar surface area (TPSA) is 50.4 Å². The number of amides is 1. The van der Waals surface area contributed by atoms with Gasteiger partial charge in [-0.25, -0.2) is 0 Å². The zero-order chi connectivity index (χ0) is 18.7. The highest BCUT2D eigenvalue weighted by molar-refractivity contribution is 7.80.